The molecule has 4 N–H and O–H groups in total. The Hall–Kier alpha value is -2.42. The van der Waals surface area contributed by atoms with Gasteiger partial charge < -0.3 is 10.2 Å². The van der Waals surface area contributed by atoms with Crippen molar-refractivity contribution in [3.8, 4) is 0 Å². The number of nitrogens with zero attached hydrogens (tertiary/aromatic N) is 6. The van der Waals surface area contributed by atoms with Gasteiger partial charge in [0.05, 0.1) is 11.4 Å². The van der Waals surface area contributed by atoms with Crippen LogP contribution in [-0.2, 0) is 13.5 Å². The lowest BCUT2D eigenvalue weighted by Gasteiger charge is -2.12. The largest absolute Gasteiger partial charge is 0.347 e. The first-order valence-corrected chi connectivity index (χ1v) is 6.23. The van der Waals surface area contributed by atoms with E-state index in [0.717, 1.165) is 17.8 Å². The van der Waals surface area contributed by atoms with Crippen molar-refractivity contribution in [1.29, 1.82) is 0 Å². The van der Waals surface area contributed by atoms with Crippen LogP contribution in [0.5, 0.6) is 0 Å². The smallest absolute Gasteiger partial charge is 0.243 e. The van der Waals surface area contributed by atoms with Gasteiger partial charge in [0, 0.05) is 27.3 Å². The molecule has 2 aromatic heterocycles. The molecule has 20 heavy (non-hydrogen) atoms. The summed E-state index contributed by atoms with van der Waals surface area (Å²) >= 11 is 0. The summed E-state index contributed by atoms with van der Waals surface area (Å²) in [5, 5.41) is 7.50. The van der Waals surface area contributed by atoms with E-state index in [4.69, 9.17) is 5.84 Å². The van der Waals surface area contributed by atoms with E-state index in [-0.39, 0.29) is 0 Å². The quantitative estimate of drug-likeness (QED) is 0.527. The fraction of sp³-hybridized carbons (Fsp3) is 0.455. The summed E-state index contributed by atoms with van der Waals surface area (Å²) in [7, 11) is 5.57. The first-order valence-electron chi connectivity index (χ1n) is 6.23. The van der Waals surface area contributed by atoms with E-state index in [0.29, 0.717) is 17.8 Å². The van der Waals surface area contributed by atoms with Crippen LogP contribution in [0.4, 0.5) is 23.5 Å². The van der Waals surface area contributed by atoms with Crippen LogP contribution >= 0.6 is 0 Å². The van der Waals surface area contributed by atoms with E-state index in [2.05, 4.69) is 30.8 Å². The second-order valence-corrected chi connectivity index (χ2v) is 4.46. The molecule has 0 amide bonds. The Balaban J connectivity index is 2.34. The fourth-order valence-corrected chi connectivity index (χ4v) is 1.71. The van der Waals surface area contributed by atoms with Gasteiger partial charge in [0.25, 0.3) is 0 Å². The summed E-state index contributed by atoms with van der Waals surface area (Å²) in [6.07, 6.45) is 2.70. The molecule has 0 bridgehead atoms. The summed E-state index contributed by atoms with van der Waals surface area (Å²) in [6.45, 7) is 2.04. The zero-order valence-corrected chi connectivity index (χ0v) is 12.0. The molecule has 0 aromatic carbocycles. The predicted octanol–water partition coefficient (Wildman–Crippen LogP) is 0.263. The molecule has 0 fully saturated rings. The standard InChI is InChI=1S/C11H19N9/c1-5-7-8(6-20(4)18-7)13-9-14-10(17-12)16-11(15-9)19(2)3/h6H,5,12H2,1-4H3,(H2,13,14,15,16,17). The molecule has 0 aliphatic rings. The lowest BCUT2D eigenvalue weighted by Crippen LogP contribution is -2.18. The molecular formula is C11H19N9. The van der Waals surface area contributed by atoms with Gasteiger partial charge in [0.15, 0.2) is 0 Å². The van der Waals surface area contributed by atoms with Gasteiger partial charge in [-0.1, -0.05) is 6.92 Å². The number of rotatable bonds is 5. The van der Waals surface area contributed by atoms with E-state index in [9.17, 15) is 0 Å². The molecule has 0 spiro atoms. The molecule has 9 heteroatoms. The lowest BCUT2D eigenvalue weighted by molar-refractivity contribution is 0.746. The van der Waals surface area contributed by atoms with Gasteiger partial charge in [-0.2, -0.15) is 20.1 Å². The van der Waals surface area contributed by atoms with Crippen LogP contribution in [0.2, 0.25) is 0 Å². The molecular weight excluding hydrogens is 258 g/mol. The number of hydrazine groups is 1. The van der Waals surface area contributed by atoms with E-state index >= 15 is 0 Å². The maximum absolute atomic E-state index is 5.38. The van der Waals surface area contributed by atoms with Gasteiger partial charge in [-0.15, -0.1) is 0 Å². The summed E-state index contributed by atoms with van der Waals surface area (Å²) in [4.78, 5) is 14.4. The monoisotopic (exact) mass is 277 g/mol. The SMILES string of the molecule is CCc1nn(C)cc1Nc1nc(NN)nc(N(C)C)n1. The third-order valence-electron chi connectivity index (χ3n) is 2.64. The highest BCUT2D eigenvalue weighted by atomic mass is 15.4. The number of nitrogens with one attached hydrogen (secondary N) is 2. The minimum atomic E-state index is 0.299. The van der Waals surface area contributed by atoms with Gasteiger partial charge >= 0.3 is 0 Å². The van der Waals surface area contributed by atoms with Crippen LogP contribution in [0.25, 0.3) is 0 Å². The van der Waals surface area contributed by atoms with E-state index < -0.39 is 0 Å². The Morgan fingerprint density at radius 1 is 1.25 bits per heavy atom. The zero-order valence-electron chi connectivity index (χ0n) is 12.0. The Morgan fingerprint density at radius 3 is 2.55 bits per heavy atom. The van der Waals surface area contributed by atoms with Crippen molar-refractivity contribution >= 4 is 23.5 Å². The average molecular weight is 277 g/mol. The second kappa shape index (κ2) is 5.70. The van der Waals surface area contributed by atoms with Crippen molar-refractivity contribution in [1.82, 2.24) is 24.7 Å². The molecule has 108 valence electrons. The minimum absolute atomic E-state index is 0.299. The maximum Gasteiger partial charge on any atom is 0.243 e. The molecule has 0 radical (unpaired) electrons. The van der Waals surface area contributed by atoms with Crippen molar-refractivity contribution in [3.63, 3.8) is 0 Å². The average Bonchev–Trinajstić information content (AvgIpc) is 2.78. The molecule has 2 rings (SSSR count). The van der Waals surface area contributed by atoms with E-state index in [1.165, 1.54) is 0 Å². The van der Waals surface area contributed by atoms with Crippen molar-refractivity contribution < 1.29 is 0 Å². The van der Waals surface area contributed by atoms with E-state index in [1.54, 1.807) is 9.58 Å². The van der Waals surface area contributed by atoms with Crippen molar-refractivity contribution in [2.24, 2.45) is 12.9 Å². The van der Waals surface area contributed by atoms with Crippen molar-refractivity contribution in [2.75, 3.05) is 29.7 Å². The summed E-state index contributed by atoms with van der Waals surface area (Å²) in [5.74, 6) is 6.60. The van der Waals surface area contributed by atoms with Crippen LogP contribution < -0.4 is 21.5 Å². The van der Waals surface area contributed by atoms with Gasteiger partial charge in [-0.3, -0.25) is 10.1 Å². The number of nitrogen functional groups attached to an aromatic ring is 1. The molecule has 0 saturated carbocycles. The van der Waals surface area contributed by atoms with Crippen LogP contribution in [0.3, 0.4) is 0 Å². The molecule has 2 heterocycles. The maximum atomic E-state index is 5.38. The highest BCUT2D eigenvalue weighted by molar-refractivity contribution is 5.57. The van der Waals surface area contributed by atoms with Crippen molar-refractivity contribution in [3.05, 3.63) is 11.9 Å². The fourth-order valence-electron chi connectivity index (χ4n) is 1.71. The second-order valence-electron chi connectivity index (χ2n) is 4.46. The third-order valence-corrected chi connectivity index (χ3v) is 2.64. The van der Waals surface area contributed by atoms with Crippen LogP contribution in [0.1, 0.15) is 12.6 Å². The van der Waals surface area contributed by atoms with E-state index in [1.807, 2.05) is 34.3 Å². The van der Waals surface area contributed by atoms with Gasteiger partial charge in [-0.25, -0.2) is 5.84 Å². The molecule has 0 aliphatic heterocycles. The molecule has 9 nitrogen and oxygen atoms in total. The van der Waals surface area contributed by atoms with Gasteiger partial charge in [0.2, 0.25) is 17.8 Å². The number of aromatic nitrogens is 5. The third kappa shape index (κ3) is 2.94. The van der Waals surface area contributed by atoms with Crippen LogP contribution in [-0.4, -0.2) is 38.8 Å². The number of hydrogen-bond donors (Lipinski definition) is 3. The van der Waals surface area contributed by atoms with Gasteiger partial charge in [-0.05, 0) is 6.42 Å². The zero-order chi connectivity index (χ0) is 14.7. The normalized spacial score (nSPS) is 10.4. The predicted molar refractivity (Wildman–Crippen MR) is 77.8 cm³/mol. The topological polar surface area (TPSA) is 110 Å². The summed E-state index contributed by atoms with van der Waals surface area (Å²) in [6, 6.07) is 0. The highest BCUT2D eigenvalue weighted by Crippen LogP contribution is 2.19. The van der Waals surface area contributed by atoms with Gasteiger partial charge in [0.1, 0.15) is 0 Å². The molecule has 0 atom stereocenters. The Kier molecular flexibility index (Phi) is 3.99. The molecule has 0 unspecified atom stereocenters. The number of anilines is 4. The minimum Gasteiger partial charge on any atom is -0.347 e. The Morgan fingerprint density at radius 2 is 1.95 bits per heavy atom. The highest BCUT2D eigenvalue weighted by Gasteiger charge is 2.11. The molecule has 0 aliphatic carbocycles. The summed E-state index contributed by atoms with van der Waals surface area (Å²) < 4.78 is 1.75. The first-order chi connectivity index (χ1) is 9.53. The van der Waals surface area contributed by atoms with Crippen molar-refractivity contribution in [2.45, 2.75) is 13.3 Å². The Bertz CT molecular complexity index is 590. The lowest BCUT2D eigenvalue weighted by atomic mass is 10.3. The number of aryl methyl sites for hydroxylation is 2. The van der Waals surface area contributed by atoms with Crippen LogP contribution in [0.15, 0.2) is 6.20 Å². The number of nitrogens with two attached hydrogens (primary N) is 1. The first kappa shape index (κ1) is 14.0. The summed E-state index contributed by atoms with van der Waals surface area (Å²) in [5.41, 5.74) is 4.25. The number of hydrogen-bond acceptors (Lipinski definition) is 8. The Labute approximate surface area is 117 Å². The molecule has 0 saturated heterocycles. The molecule has 2 aromatic rings. The van der Waals surface area contributed by atoms with Crippen LogP contribution in [0, 0.1) is 0 Å².